The van der Waals surface area contributed by atoms with Crippen molar-refractivity contribution >= 4 is 53.3 Å². The lowest BCUT2D eigenvalue weighted by Crippen LogP contribution is -2.33. The van der Waals surface area contributed by atoms with Gasteiger partial charge in [0, 0.05) is 24.2 Å². The lowest BCUT2D eigenvalue weighted by molar-refractivity contribution is -0.143. The molecule has 44 heavy (non-hydrogen) atoms. The minimum absolute atomic E-state index is 0.139. The second-order valence-corrected chi connectivity index (χ2v) is 10.1. The topological polar surface area (TPSA) is 93.7 Å². The Bertz CT molecular complexity index is 1270. The third kappa shape index (κ3) is 13.3. The van der Waals surface area contributed by atoms with E-state index in [0.29, 0.717) is 12.8 Å². The molecular formula is C35H38Cl2N2O5. The Morgan fingerprint density at radius 3 is 1.20 bits per heavy atom. The van der Waals surface area contributed by atoms with Crippen molar-refractivity contribution in [3.63, 3.8) is 0 Å². The zero-order valence-corrected chi connectivity index (χ0v) is 26.4. The van der Waals surface area contributed by atoms with Gasteiger partial charge in [0.1, 0.15) is 18.9 Å². The Morgan fingerprint density at radius 1 is 0.591 bits per heavy atom. The average molecular weight is 638 g/mol. The highest BCUT2D eigenvalue weighted by Gasteiger charge is 2.21. The minimum Gasteiger partial charge on any atom is -0.448 e. The molecule has 0 aliphatic rings. The summed E-state index contributed by atoms with van der Waals surface area (Å²) in [6.07, 6.45) is 1.09. The molecule has 4 aromatic carbocycles. The molecule has 232 valence electrons. The number of carbonyl (C=O) groups is 3. The SMILES string of the molecule is C=O.Cc1ccc(N[C@@H](Cc2ccccc2)C(=O)OCCl)cc1.Cc1ccc(N[C@@H](Cc2ccccc2)C(=O)OCCl)cc1. The number of benzene rings is 4. The predicted molar refractivity (Wildman–Crippen MR) is 178 cm³/mol. The quantitative estimate of drug-likeness (QED) is 0.124. The largest absolute Gasteiger partial charge is 0.448 e. The molecule has 0 amide bonds. The summed E-state index contributed by atoms with van der Waals surface area (Å²) in [5.74, 6) is -0.705. The van der Waals surface area contributed by atoms with E-state index in [0.717, 1.165) is 22.5 Å². The normalized spacial score (nSPS) is 11.3. The van der Waals surface area contributed by atoms with Crippen LogP contribution < -0.4 is 10.6 Å². The summed E-state index contributed by atoms with van der Waals surface area (Å²) in [6, 6.07) is 34.2. The van der Waals surface area contributed by atoms with Gasteiger partial charge in [0.05, 0.1) is 0 Å². The van der Waals surface area contributed by atoms with E-state index >= 15 is 0 Å². The van der Waals surface area contributed by atoms with Crippen LogP contribution in [-0.4, -0.2) is 42.9 Å². The molecule has 2 N–H and O–H groups in total. The second-order valence-electron chi connectivity index (χ2n) is 9.65. The zero-order chi connectivity index (χ0) is 32.2. The van der Waals surface area contributed by atoms with Gasteiger partial charge in [-0.15, -0.1) is 0 Å². The Balaban J connectivity index is 0.000000291. The number of hydrogen-bond acceptors (Lipinski definition) is 7. The summed E-state index contributed by atoms with van der Waals surface area (Å²) in [5.41, 5.74) is 6.23. The van der Waals surface area contributed by atoms with Crippen molar-refractivity contribution in [3.8, 4) is 0 Å². The van der Waals surface area contributed by atoms with Gasteiger partial charge in [0.25, 0.3) is 0 Å². The number of rotatable bonds is 12. The van der Waals surface area contributed by atoms with Crippen molar-refractivity contribution in [1.82, 2.24) is 0 Å². The van der Waals surface area contributed by atoms with Crippen LogP contribution in [0.15, 0.2) is 109 Å². The monoisotopic (exact) mass is 636 g/mol. The van der Waals surface area contributed by atoms with E-state index in [1.807, 2.05) is 130 Å². The van der Waals surface area contributed by atoms with E-state index in [1.54, 1.807) is 0 Å². The number of hydrogen-bond donors (Lipinski definition) is 2. The molecule has 4 rings (SSSR count). The number of nitrogens with one attached hydrogen (secondary N) is 2. The van der Waals surface area contributed by atoms with Gasteiger partial charge >= 0.3 is 11.9 Å². The smallest absolute Gasteiger partial charge is 0.330 e. The number of carbonyl (C=O) groups excluding carboxylic acids is 3. The third-order valence-electron chi connectivity index (χ3n) is 6.31. The molecule has 0 heterocycles. The molecule has 0 spiro atoms. The summed E-state index contributed by atoms with van der Waals surface area (Å²) in [4.78, 5) is 32.1. The first kappa shape index (κ1) is 35.9. The first-order valence-corrected chi connectivity index (χ1v) is 14.9. The molecule has 0 bridgehead atoms. The van der Waals surface area contributed by atoms with Crippen LogP contribution in [0.25, 0.3) is 0 Å². The van der Waals surface area contributed by atoms with Crippen LogP contribution >= 0.6 is 23.2 Å². The molecule has 0 aliphatic heterocycles. The Morgan fingerprint density at radius 2 is 0.909 bits per heavy atom. The van der Waals surface area contributed by atoms with Crippen molar-refractivity contribution in [3.05, 3.63) is 131 Å². The fourth-order valence-electron chi connectivity index (χ4n) is 4.10. The summed E-state index contributed by atoms with van der Waals surface area (Å²) >= 11 is 11.0. The molecule has 7 nitrogen and oxygen atoms in total. The zero-order valence-electron chi connectivity index (χ0n) is 24.9. The van der Waals surface area contributed by atoms with Crippen molar-refractivity contribution in [2.24, 2.45) is 0 Å². The van der Waals surface area contributed by atoms with Gasteiger partial charge in [-0.2, -0.15) is 0 Å². The first-order chi connectivity index (χ1) is 21.4. The fraction of sp³-hybridized carbons (Fsp3) is 0.229. The molecular weight excluding hydrogens is 599 g/mol. The molecule has 2 atom stereocenters. The van der Waals surface area contributed by atoms with E-state index in [1.165, 1.54) is 11.1 Å². The molecule has 0 saturated carbocycles. The van der Waals surface area contributed by atoms with E-state index in [4.69, 9.17) is 37.5 Å². The van der Waals surface area contributed by atoms with Crippen molar-refractivity contribution in [2.45, 2.75) is 38.8 Å². The number of esters is 2. The van der Waals surface area contributed by atoms with Crippen LogP contribution in [0.3, 0.4) is 0 Å². The van der Waals surface area contributed by atoms with Gasteiger partial charge in [0.15, 0.2) is 12.1 Å². The molecule has 0 aromatic heterocycles. The van der Waals surface area contributed by atoms with E-state index < -0.39 is 12.1 Å². The highest BCUT2D eigenvalue weighted by atomic mass is 35.5. The van der Waals surface area contributed by atoms with E-state index in [2.05, 4.69) is 10.6 Å². The fourth-order valence-corrected chi connectivity index (χ4v) is 4.31. The van der Waals surface area contributed by atoms with E-state index in [-0.39, 0.29) is 24.1 Å². The third-order valence-corrected chi connectivity index (χ3v) is 6.53. The van der Waals surface area contributed by atoms with Gasteiger partial charge in [-0.1, -0.05) is 119 Å². The summed E-state index contributed by atoms with van der Waals surface area (Å²) in [5, 5.41) is 6.41. The Labute approximate surface area is 269 Å². The van der Waals surface area contributed by atoms with Gasteiger partial charge in [0.2, 0.25) is 0 Å². The number of halogens is 2. The molecule has 0 saturated heterocycles. The maximum Gasteiger partial charge on any atom is 0.330 e. The van der Waals surface area contributed by atoms with Gasteiger partial charge in [-0.3, -0.25) is 0 Å². The van der Waals surface area contributed by atoms with Crippen molar-refractivity contribution < 1.29 is 23.9 Å². The molecule has 0 aliphatic carbocycles. The summed E-state index contributed by atoms with van der Waals surface area (Å²) < 4.78 is 9.87. The maximum atomic E-state index is 12.0. The van der Waals surface area contributed by atoms with Crippen LogP contribution in [-0.2, 0) is 36.7 Å². The number of alkyl halides is 2. The van der Waals surface area contributed by atoms with Crippen LogP contribution in [0, 0.1) is 13.8 Å². The van der Waals surface area contributed by atoms with Gasteiger partial charge < -0.3 is 24.9 Å². The highest BCUT2D eigenvalue weighted by Crippen LogP contribution is 2.15. The van der Waals surface area contributed by atoms with Gasteiger partial charge in [-0.25, -0.2) is 9.59 Å². The average Bonchev–Trinajstić information content (AvgIpc) is 3.05. The number of aryl methyl sites for hydroxylation is 2. The molecule has 0 fully saturated rings. The lowest BCUT2D eigenvalue weighted by Gasteiger charge is -2.18. The minimum atomic E-state index is -0.464. The summed E-state index contributed by atoms with van der Waals surface area (Å²) in [6.45, 7) is 6.04. The number of anilines is 2. The summed E-state index contributed by atoms with van der Waals surface area (Å²) in [7, 11) is 0. The highest BCUT2D eigenvalue weighted by molar-refractivity contribution is 6.17. The van der Waals surface area contributed by atoms with Gasteiger partial charge in [-0.05, 0) is 49.2 Å². The predicted octanol–water partition coefficient (Wildman–Crippen LogP) is 7.33. The van der Waals surface area contributed by atoms with Crippen molar-refractivity contribution in [1.29, 1.82) is 0 Å². The van der Waals surface area contributed by atoms with Crippen LogP contribution in [0.1, 0.15) is 22.3 Å². The van der Waals surface area contributed by atoms with Crippen molar-refractivity contribution in [2.75, 3.05) is 22.8 Å². The molecule has 0 unspecified atom stereocenters. The Kier molecular flexibility index (Phi) is 16.8. The molecule has 4 aromatic rings. The maximum absolute atomic E-state index is 12.0. The second kappa shape index (κ2) is 20.6. The lowest BCUT2D eigenvalue weighted by atomic mass is 10.1. The van der Waals surface area contributed by atoms with Crippen LogP contribution in [0.5, 0.6) is 0 Å². The number of ether oxygens (including phenoxy) is 2. The Hall–Kier alpha value is -4.33. The van der Waals surface area contributed by atoms with Crippen LogP contribution in [0.4, 0.5) is 11.4 Å². The standard InChI is InChI=1S/2C17H18ClNO2.CH2O/c2*1-13-7-9-15(10-8-13)19-16(17(20)21-12-18)11-14-5-3-2-4-6-14;1-2/h2*2-10,16,19H,11-12H2,1H3;1H2/t2*16-;/m00./s1. The van der Waals surface area contributed by atoms with Crippen LogP contribution in [0.2, 0.25) is 0 Å². The first-order valence-electron chi connectivity index (χ1n) is 13.9. The van der Waals surface area contributed by atoms with E-state index in [9.17, 15) is 9.59 Å². The molecule has 0 radical (unpaired) electrons. The molecule has 9 heteroatoms.